The fraction of sp³-hybridized carbons (Fsp3) is 0.269. The summed E-state index contributed by atoms with van der Waals surface area (Å²) in [7, 11) is 0. The first-order valence-corrected chi connectivity index (χ1v) is 13.2. The molecule has 1 amide bonds. The lowest BCUT2D eigenvalue weighted by atomic mass is 10.1. The van der Waals surface area contributed by atoms with Gasteiger partial charge in [0.25, 0.3) is 5.56 Å². The molecule has 0 aliphatic heterocycles. The van der Waals surface area contributed by atoms with Gasteiger partial charge in [-0.25, -0.2) is 4.98 Å². The van der Waals surface area contributed by atoms with Crippen LogP contribution in [0.3, 0.4) is 0 Å². The van der Waals surface area contributed by atoms with Crippen molar-refractivity contribution in [2.24, 2.45) is 0 Å². The lowest BCUT2D eigenvalue weighted by molar-refractivity contribution is -0.113. The Morgan fingerprint density at radius 1 is 1.03 bits per heavy atom. The number of hydrogen-bond acceptors (Lipinski definition) is 5. The van der Waals surface area contributed by atoms with Crippen LogP contribution in [0.15, 0.2) is 52.4 Å². The number of thioether (sulfide) groups is 1. The molecule has 0 radical (unpaired) electrons. The molecule has 174 valence electrons. The van der Waals surface area contributed by atoms with E-state index >= 15 is 0 Å². The van der Waals surface area contributed by atoms with Gasteiger partial charge in [0.1, 0.15) is 4.83 Å². The van der Waals surface area contributed by atoms with Gasteiger partial charge in [-0.15, -0.1) is 11.3 Å². The summed E-state index contributed by atoms with van der Waals surface area (Å²) >= 11 is 2.83. The van der Waals surface area contributed by atoms with Crippen LogP contribution >= 0.6 is 23.1 Å². The zero-order valence-corrected chi connectivity index (χ0v) is 21.3. The molecule has 0 aliphatic rings. The highest BCUT2D eigenvalue weighted by molar-refractivity contribution is 7.99. The smallest absolute Gasteiger partial charge is 0.263 e. The second kappa shape index (κ2) is 8.92. The number of para-hydroxylation sites is 1. The number of anilines is 1. The number of aryl methyl sites for hydroxylation is 3. The van der Waals surface area contributed by atoms with Crippen LogP contribution in [0.2, 0.25) is 0 Å². The van der Waals surface area contributed by atoms with Crippen molar-refractivity contribution in [2.45, 2.75) is 45.9 Å². The van der Waals surface area contributed by atoms with Crippen molar-refractivity contribution in [3.63, 3.8) is 0 Å². The number of benzene rings is 2. The first-order valence-electron chi connectivity index (χ1n) is 11.4. The Balaban J connectivity index is 1.39. The third-order valence-electron chi connectivity index (χ3n) is 6.27. The molecule has 0 saturated carbocycles. The molecule has 0 aliphatic carbocycles. The normalized spacial score (nSPS) is 11.6. The standard InChI is InChI=1S/C26H26N4O2S2/c1-5-29-20-10-8-7-9-18(20)19-13-17(11-12-21(19)29)27-22(31)14-33-26-28-24-23(15(3)16(4)34-24)25(32)30(26)6-2/h7-13H,5-6,14H2,1-4H3,(H,27,31). The Labute approximate surface area is 205 Å². The monoisotopic (exact) mass is 490 g/mol. The van der Waals surface area contributed by atoms with Crippen LogP contribution in [0.4, 0.5) is 5.69 Å². The van der Waals surface area contributed by atoms with Crippen LogP contribution < -0.4 is 10.9 Å². The molecular weight excluding hydrogens is 464 g/mol. The Morgan fingerprint density at radius 3 is 2.53 bits per heavy atom. The van der Waals surface area contributed by atoms with Gasteiger partial charge in [-0.1, -0.05) is 30.0 Å². The maximum Gasteiger partial charge on any atom is 0.263 e. The summed E-state index contributed by atoms with van der Waals surface area (Å²) in [4.78, 5) is 32.4. The maximum atomic E-state index is 13.0. The molecule has 8 heteroatoms. The lowest BCUT2D eigenvalue weighted by Crippen LogP contribution is -2.23. The summed E-state index contributed by atoms with van der Waals surface area (Å²) in [5, 5.41) is 6.59. The lowest BCUT2D eigenvalue weighted by Gasteiger charge is -2.10. The highest BCUT2D eigenvalue weighted by Gasteiger charge is 2.17. The van der Waals surface area contributed by atoms with E-state index < -0.39 is 0 Å². The molecule has 0 bridgehead atoms. The van der Waals surface area contributed by atoms with Crippen LogP contribution in [-0.4, -0.2) is 25.8 Å². The van der Waals surface area contributed by atoms with Gasteiger partial charge < -0.3 is 9.88 Å². The Hall–Kier alpha value is -3.10. The van der Waals surface area contributed by atoms with E-state index in [1.165, 1.54) is 34.0 Å². The molecule has 6 nitrogen and oxygen atoms in total. The fourth-order valence-electron chi connectivity index (χ4n) is 4.50. The topological polar surface area (TPSA) is 68.9 Å². The van der Waals surface area contributed by atoms with E-state index in [0.29, 0.717) is 17.1 Å². The van der Waals surface area contributed by atoms with Gasteiger partial charge in [0, 0.05) is 45.5 Å². The number of nitrogens with zero attached hydrogens (tertiary/aromatic N) is 3. The van der Waals surface area contributed by atoms with E-state index in [-0.39, 0.29) is 17.2 Å². The molecule has 0 spiro atoms. The summed E-state index contributed by atoms with van der Waals surface area (Å²) in [5.74, 6) is 0.0508. The minimum Gasteiger partial charge on any atom is -0.341 e. The zero-order chi connectivity index (χ0) is 24.0. The second-order valence-corrected chi connectivity index (χ2v) is 10.4. The van der Waals surface area contributed by atoms with Crippen molar-refractivity contribution >= 4 is 66.7 Å². The van der Waals surface area contributed by atoms with Crippen LogP contribution in [0.25, 0.3) is 32.0 Å². The van der Waals surface area contributed by atoms with E-state index in [9.17, 15) is 9.59 Å². The molecular formula is C26H26N4O2S2. The van der Waals surface area contributed by atoms with Gasteiger partial charge in [-0.05, 0) is 57.5 Å². The number of thiophene rings is 1. The van der Waals surface area contributed by atoms with Crippen molar-refractivity contribution in [1.82, 2.24) is 14.1 Å². The zero-order valence-electron chi connectivity index (χ0n) is 19.6. The maximum absolute atomic E-state index is 13.0. The molecule has 34 heavy (non-hydrogen) atoms. The molecule has 1 N–H and O–H groups in total. The van der Waals surface area contributed by atoms with Crippen LogP contribution in [-0.2, 0) is 17.9 Å². The van der Waals surface area contributed by atoms with Gasteiger partial charge >= 0.3 is 0 Å². The van der Waals surface area contributed by atoms with Crippen molar-refractivity contribution < 1.29 is 4.79 Å². The first kappa shape index (κ1) is 22.7. The van der Waals surface area contributed by atoms with Gasteiger partial charge in [0.2, 0.25) is 5.91 Å². The van der Waals surface area contributed by atoms with E-state index in [4.69, 9.17) is 4.98 Å². The van der Waals surface area contributed by atoms with E-state index in [1.807, 2.05) is 45.0 Å². The molecule has 5 rings (SSSR count). The quantitative estimate of drug-likeness (QED) is 0.236. The first-order chi connectivity index (χ1) is 16.4. The van der Waals surface area contributed by atoms with Crippen molar-refractivity contribution in [1.29, 1.82) is 0 Å². The number of rotatable bonds is 6. The van der Waals surface area contributed by atoms with Crippen molar-refractivity contribution in [3.8, 4) is 0 Å². The van der Waals surface area contributed by atoms with Crippen molar-refractivity contribution in [2.75, 3.05) is 11.1 Å². The molecule has 3 aromatic heterocycles. The average Bonchev–Trinajstić information content (AvgIpc) is 3.30. The molecule has 0 unspecified atom stereocenters. The highest BCUT2D eigenvalue weighted by atomic mass is 32.2. The number of amides is 1. The predicted octanol–water partition coefficient (Wildman–Crippen LogP) is 5.95. The molecule has 0 atom stereocenters. The summed E-state index contributed by atoms with van der Waals surface area (Å²) in [6.07, 6.45) is 0. The third-order valence-corrected chi connectivity index (χ3v) is 8.35. The summed E-state index contributed by atoms with van der Waals surface area (Å²) in [6, 6.07) is 14.4. The summed E-state index contributed by atoms with van der Waals surface area (Å²) in [6.45, 7) is 9.43. The van der Waals surface area contributed by atoms with Gasteiger partial charge in [-0.3, -0.25) is 14.2 Å². The van der Waals surface area contributed by atoms with Crippen LogP contribution in [0.5, 0.6) is 0 Å². The minimum absolute atomic E-state index is 0.0324. The number of carbonyl (C=O) groups excluding carboxylic acids is 1. The van der Waals surface area contributed by atoms with Crippen LogP contribution in [0, 0.1) is 13.8 Å². The van der Waals surface area contributed by atoms with Crippen molar-refractivity contribution in [3.05, 3.63) is 63.3 Å². The number of carbonyl (C=O) groups is 1. The van der Waals surface area contributed by atoms with Crippen LogP contribution in [0.1, 0.15) is 24.3 Å². The molecule has 0 fully saturated rings. The molecule has 2 aromatic carbocycles. The molecule has 5 aromatic rings. The predicted molar refractivity (Wildman–Crippen MR) is 143 cm³/mol. The fourth-order valence-corrected chi connectivity index (χ4v) is 6.43. The summed E-state index contributed by atoms with van der Waals surface area (Å²) in [5.41, 5.74) is 4.07. The number of hydrogen-bond donors (Lipinski definition) is 1. The third kappa shape index (κ3) is 3.71. The van der Waals surface area contributed by atoms with E-state index in [2.05, 4.69) is 35.0 Å². The molecule has 0 saturated heterocycles. The van der Waals surface area contributed by atoms with E-state index in [1.54, 1.807) is 4.57 Å². The van der Waals surface area contributed by atoms with E-state index in [0.717, 1.165) is 38.4 Å². The highest BCUT2D eigenvalue weighted by Crippen LogP contribution is 2.31. The molecule has 3 heterocycles. The Kier molecular flexibility index (Phi) is 5.95. The summed E-state index contributed by atoms with van der Waals surface area (Å²) < 4.78 is 3.94. The Bertz CT molecular complexity index is 1630. The van der Waals surface area contributed by atoms with Gasteiger partial charge in [-0.2, -0.15) is 0 Å². The SMILES string of the molecule is CCn1c(SCC(=O)Nc2ccc3c(c2)c2ccccc2n3CC)nc2sc(C)c(C)c2c1=O. The Morgan fingerprint density at radius 2 is 1.76 bits per heavy atom. The largest absolute Gasteiger partial charge is 0.341 e. The number of nitrogens with one attached hydrogen (secondary N) is 1. The minimum atomic E-state index is -0.126. The van der Waals surface area contributed by atoms with Gasteiger partial charge in [0.15, 0.2) is 5.16 Å². The average molecular weight is 491 g/mol. The van der Waals surface area contributed by atoms with Gasteiger partial charge in [0.05, 0.1) is 11.1 Å². The number of fused-ring (bicyclic) bond motifs is 4. The second-order valence-electron chi connectivity index (χ2n) is 8.24. The number of aromatic nitrogens is 3.